The fraction of sp³-hybridized carbons (Fsp3) is 0.368. The van der Waals surface area contributed by atoms with Crippen LogP contribution in [-0.2, 0) is 22.7 Å². The summed E-state index contributed by atoms with van der Waals surface area (Å²) in [7, 11) is -3.12. The lowest BCUT2D eigenvalue weighted by Gasteiger charge is -2.30. The van der Waals surface area contributed by atoms with Crippen LogP contribution in [0.1, 0.15) is 24.0 Å². The Morgan fingerprint density at radius 3 is 2.83 bits per heavy atom. The fourth-order valence-corrected chi connectivity index (χ4v) is 4.68. The Kier molecular flexibility index (Phi) is 3.96. The molecule has 5 heteroatoms. The number of aryl methyl sites for hydroxylation is 2. The molecule has 0 saturated heterocycles. The molecule has 4 rings (SSSR count). The molecule has 0 spiro atoms. The van der Waals surface area contributed by atoms with Crippen LogP contribution in [0.25, 0.3) is 0 Å². The summed E-state index contributed by atoms with van der Waals surface area (Å²) in [5.41, 5.74) is 4.46. The molecule has 4 nitrogen and oxygen atoms in total. The molecule has 0 fully saturated rings. The average molecular weight is 343 g/mol. The smallest absolute Gasteiger partial charge is 0.175 e. The third-order valence-electron chi connectivity index (χ3n) is 4.82. The molecule has 0 atom stereocenters. The lowest BCUT2D eigenvalue weighted by Crippen LogP contribution is -2.32. The third-order valence-corrected chi connectivity index (χ3v) is 6.16. The van der Waals surface area contributed by atoms with Gasteiger partial charge in [0.1, 0.15) is 12.4 Å². The van der Waals surface area contributed by atoms with Crippen LogP contribution in [-0.4, -0.2) is 32.2 Å². The first-order chi connectivity index (χ1) is 11.6. The van der Waals surface area contributed by atoms with Gasteiger partial charge in [0.2, 0.25) is 0 Å². The molecule has 126 valence electrons. The minimum absolute atomic E-state index is 0.166. The van der Waals surface area contributed by atoms with Crippen molar-refractivity contribution in [2.24, 2.45) is 0 Å². The molecule has 1 aromatic carbocycles. The lowest BCUT2D eigenvalue weighted by molar-refractivity contribution is 0.343. The summed E-state index contributed by atoms with van der Waals surface area (Å²) in [6.45, 7) is 0.877. The predicted molar refractivity (Wildman–Crippen MR) is 94.4 cm³/mol. The highest BCUT2D eigenvalue weighted by atomic mass is 32.2. The van der Waals surface area contributed by atoms with E-state index in [1.165, 1.54) is 29.4 Å². The Bertz CT molecular complexity index is 849. The molecule has 3 aliphatic rings. The maximum atomic E-state index is 11.9. The van der Waals surface area contributed by atoms with Crippen molar-refractivity contribution >= 4 is 9.84 Å². The normalized spacial score (nSPS) is 21.4. The van der Waals surface area contributed by atoms with Gasteiger partial charge in [-0.3, -0.25) is 0 Å². The predicted octanol–water partition coefficient (Wildman–Crippen LogP) is 2.97. The van der Waals surface area contributed by atoms with Crippen molar-refractivity contribution in [3.05, 3.63) is 64.4 Å². The van der Waals surface area contributed by atoms with Gasteiger partial charge in [0.05, 0.1) is 16.9 Å². The molecule has 1 aromatic rings. The largest absolute Gasteiger partial charge is 0.489 e. The van der Waals surface area contributed by atoms with Crippen molar-refractivity contribution in [2.75, 3.05) is 18.9 Å². The molecule has 0 N–H and O–H groups in total. The van der Waals surface area contributed by atoms with E-state index >= 15 is 0 Å². The molecule has 0 aromatic heterocycles. The second-order valence-electron chi connectivity index (χ2n) is 6.52. The topological polar surface area (TPSA) is 46.6 Å². The first-order valence-electron chi connectivity index (χ1n) is 8.44. The maximum absolute atomic E-state index is 11.9. The van der Waals surface area contributed by atoms with Crippen LogP contribution in [0.2, 0.25) is 0 Å². The molecule has 0 radical (unpaired) electrons. The van der Waals surface area contributed by atoms with E-state index in [0.717, 1.165) is 29.9 Å². The summed E-state index contributed by atoms with van der Waals surface area (Å²) in [5, 5.41) is 1.38. The molecular formula is C19H21NO3S. The van der Waals surface area contributed by atoms with Crippen LogP contribution >= 0.6 is 0 Å². The number of nitrogens with zero attached hydrogens (tertiary/aromatic N) is 1. The first kappa shape index (κ1) is 15.5. The number of allylic oxidation sites excluding steroid dienone is 2. The fourth-order valence-electron chi connectivity index (χ4n) is 3.49. The Balaban J connectivity index is 1.52. The zero-order chi connectivity index (χ0) is 16.6. The standard InChI is InChI=1S/C19H21NO3S/c21-24(22)11-10-20-9-3-6-17(19(20)14-24)13-23-18-8-7-15-4-1-2-5-16(15)12-18/h3,6-9,12,14H,1-2,4-5,10-11,13H2. The van der Waals surface area contributed by atoms with E-state index in [4.69, 9.17) is 4.74 Å². The highest BCUT2D eigenvalue weighted by molar-refractivity contribution is 7.94. The molecule has 24 heavy (non-hydrogen) atoms. The molecular weight excluding hydrogens is 322 g/mol. The molecule has 2 heterocycles. The first-order valence-corrected chi connectivity index (χ1v) is 10.2. The SMILES string of the molecule is O=S1(=O)C=C2C(COc3ccc4c(c3)CCCC4)=CC=CN2CC1. The summed E-state index contributed by atoms with van der Waals surface area (Å²) in [4.78, 5) is 1.98. The zero-order valence-corrected chi connectivity index (χ0v) is 14.4. The van der Waals surface area contributed by atoms with E-state index in [9.17, 15) is 8.42 Å². The van der Waals surface area contributed by atoms with Crippen molar-refractivity contribution in [1.29, 1.82) is 0 Å². The van der Waals surface area contributed by atoms with Crippen LogP contribution in [0.15, 0.2) is 53.2 Å². The summed E-state index contributed by atoms with van der Waals surface area (Å²) < 4.78 is 29.7. The van der Waals surface area contributed by atoms with Gasteiger partial charge in [-0.15, -0.1) is 0 Å². The van der Waals surface area contributed by atoms with Gasteiger partial charge in [0.15, 0.2) is 9.84 Å². The Hall–Kier alpha value is -2.01. The zero-order valence-electron chi connectivity index (χ0n) is 13.6. The summed E-state index contributed by atoms with van der Waals surface area (Å²) in [5.74, 6) is 1.02. The molecule has 0 bridgehead atoms. The van der Waals surface area contributed by atoms with Gasteiger partial charge in [0.25, 0.3) is 0 Å². The summed E-state index contributed by atoms with van der Waals surface area (Å²) in [6.07, 6.45) is 10.6. The average Bonchev–Trinajstić information content (AvgIpc) is 2.59. The number of hydrogen-bond donors (Lipinski definition) is 0. The van der Waals surface area contributed by atoms with Crippen LogP contribution in [0.4, 0.5) is 0 Å². The van der Waals surface area contributed by atoms with Gasteiger partial charge >= 0.3 is 0 Å². The number of hydrogen-bond acceptors (Lipinski definition) is 4. The summed E-state index contributed by atoms with van der Waals surface area (Å²) in [6, 6.07) is 6.32. The second kappa shape index (κ2) is 6.13. The second-order valence-corrected chi connectivity index (χ2v) is 8.49. The number of rotatable bonds is 3. The van der Waals surface area contributed by atoms with Gasteiger partial charge < -0.3 is 9.64 Å². The number of ether oxygens (including phenoxy) is 1. The van der Waals surface area contributed by atoms with E-state index < -0.39 is 9.84 Å². The van der Waals surface area contributed by atoms with Gasteiger partial charge in [-0.1, -0.05) is 12.1 Å². The lowest BCUT2D eigenvalue weighted by atomic mass is 9.92. The quantitative estimate of drug-likeness (QED) is 0.846. The minimum atomic E-state index is -3.12. The third kappa shape index (κ3) is 3.13. The van der Waals surface area contributed by atoms with E-state index in [1.54, 1.807) is 0 Å². The number of benzene rings is 1. The number of sulfone groups is 1. The van der Waals surface area contributed by atoms with Crippen LogP contribution in [0, 0.1) is 0 Å². The molecule has 2 aliphatic heterocycles. The summed E-state index contributed by atoms with van der Waals surface area (Å²) >= 11 is 0. The Morgan fingerprint density at radius 2 is 1.96 bits per heavy atom. The van der Waals surface area contributed by atoms with Gasteiger partial charge in [-0.25, -0.2) is 8.42 Å². The monoisotopic (exact) mass is 343 g/mol. The van der Waals surface area contributed by atoms with Crippen LogP contribution in [0.3, 0.4) is 0 Å². The van der Waals surface area contributed by atoms with Crippen LogP contribution in [0.5, 0.6) is 5.75 Å². The van der Waals surface area contributed by atoms with Crippen molar-refractivity contribution in [3.63, 3.8) is 0 Å². The van der Waals surface area contributed by atoms with Crippen molar-refractivity contribution < 1.29 is 13.2 Å². The molecule has 0 amide bonds. The molecule has 1 aliphatic carbocycles. The maximum Gasteiger partial charge on any atom is 0.175 e. The van der Waals surface area contributed by atoms with Gasteiger partial charge in [-0.2, -0.15) is 0 Å². The van der Waals surface area contributed by atoms with Crippen molar-refractivity contribution in [3.8, 4) is 5.75 Å². The van der Waals surface area contributed by atoms with E-state index in [2.05, 4.69) is 12.1 Å². The van der Waals surface area contributed by atoms with Gasteiger partial charge in [-0.05, 0) is 55.0 Å². The van der Waals surface area contributed by atoms with Gasteiger partial charge in [0, 0.05) is 18.3 Å². The Morgan fingerprint density at radius 1 is 1.12 bits per heavy atom. The van der Waals surface area contributed by atoms with Crippen LogP contribution < -0.4 is 4.74 Å². The number of fused-ring (bicyclic) bond motifs is 2. The minimum Gasteiger partial charge on any atom is -0.489 e. The van der Waals surface area contributed by atoms with Crippen molar-refractivity contribution in [1.82, 2.24) is 4.90 Å². The van der Waals surface area contributed by atoms with Crippen molar-refractivity contribution in [2.45, 2.75) is 25.7 Å². The van der Waals surface area contributed by atoms with E-state index in [0.29, 0.717) is 13.2 Å². The highest BCUT2D eigenvalue weighted by Crippen LogP contribution is 2.28. The Labute approximate surface area is 143 Å². The highest BCUT2D eigenvalue weighted by Gasteiger charge is 2.25. The van der Waals surface area contributed by atoms with E-state index in [1.807, 2.05) is 29.3 Å². The van der Waals surface area contributed by atoms with E-state index in [-0.39, 0.29) is 5.75 Å². The molecule has 0 unspecified atom stereocenters. The molecule has 0 saturated carbocycles.